The maximum absolute atomic E-state index is 12.6. The molecule has 0 saturated carbocycles. The van der Waals surface area contributed by atoms with Gasteiger partial charge in [0.15, 0.2) is 11.6 Å². The predicted molar refractivity (Wildman–Crippen MR) is 158 cm³/mol. The second-order valence-corrected chi connectivity index (χ2v) is 9.48. The van der Waals surface area contributed by atoms with Crippen molar-refractivity contribution in [3.8, 4) is 11.5 Å². The first-order valence-corrected chi connectivity index (χ1v) is 13.1. The molecule has 0 bridgehead atoms. The maximum atomic E-state index is 12.6. The molecule has 4 rings (SSSR count). The summed E-state index contributed by atoms with van der Waals surface area (Å²) < 4.78 is 11.6. The highest BCUT2D eigenvalue weighted by Gasteiger charge is 2.06. The molecule has 4 aromatic rings. The Morgan fingerprint density at radius 3 is 1.46 bits per heavy atom. The third-order valence-corrected chi connectivity index (χ3v) is 6.09. The summed E-state index contributed by atoms with van der Waals surface area (Å²) in [5, 5.41) is 1.24. The summed E-state index contributed by atoms with van der Waals surface area (Å²) in [6.07, 6.45) is 7.13. The molecule has 0 heterocycles. The highest BCUT2D eigenvalue weighted by atomic mass is 35.5. The van der Waals surface area contributed by atoms with Crippen LogP contribution in [-0.2, 0) is 0 Å². The van der Waals surface area contributed by atoms with E-state index >= 15 is 0 Å². The van der Waals surface area contributed by atoms with Crippen LogP contribution in [-0.4, -0.2) is 24.8 Å². The first-order valence-electron chi connectivity index (χ1n) is 12.4. The lowest BCUT2D eigenvalue weighted by Crippen LogP contribution is -2.06. The number of ether oxygens (including phenoxy) is 2. The van der Waals surface area contributed by atoms with Crippen molar-refractivity contribution in [1.29, 1.82) is 0 Å². The molecule has 0 spiro atoms. The number of ketones is 2. The predicted octanol–water partition coefficient (Wildman–Crippen LogP) is 8.63. The van der Waals surface area contributed by atoms with E-state index in [9.17, 15) is 9.59 Å². The van der Waals surface area contributed by atoms with Crippen LogP contribution in [0.2, 0.25) is 10.0 Å². The standard InChI is InChI=1S/C33H26Cl2O4/c34-28-10-1-6-24(20-28)14-16-32(36)26-8-3-12-30(22-26)38-18-5-19-39-31-13-4-9-27(23-31)33(37)17-15-25-7-2-11-29(35)21-25/h1-4,6-17,20-23H,5,18-19H2/b16-14+,17-15+. The highest BCUT2D eigenvalue weighted by Crippen LogP contribution is 2.18. The normalized spacial score (nSPS) is 11.1. The van der Waals surface area contributed by atoms with Gasteiger partial charge in [0.25, 0.3) is 0 Å². The van der Waals surface area contributed by atoms with Crippen molar-refractivity contribution in [2.45, 2.75) is 6.42 Å². The summed E-state index contributed by atoms with van der Waals surface area (Å²) in [6.45, 7) is 0.827. The molecule has 0 unspecified atom stereocenters. The second-order valence-electron chi connectivity index (χ2n) is 8.61. The van der Waals surface area contributed by atoms with Crippen LogP contribution < -0.4 is 9.47 Å². The minimum absolute atomic E-state index is 0.124. The van der Waals surface area contributed by atoms with Crippen LogP contribution in [0.4, 0.5) is 0 Å². The van der Waals surface area contributed by atoms with Crippen LogP contribution in [0.3, 0.4) is 0 Å². The molecule has 0 aliphatic heterocycles. The molecule has 196 valence electrons. The average Bonchev–Trinajstić information content (AvgIpc) is 2.95. The van der Waals surface area contributed by atoms with E-state index < -0.39 is 0 Å². The number of hydrogen-bond donors (Lipinski definition) is 0. The number of carbonyl (C=O) groups is 2. The molecule has 0 amide bonds. The third kappa shape index (κ3) is 8.99. The maximum Gasteiger partial charge on any atom is 0.185 e. The lowest BCUT2D eigenvalue weighted by atomic mass is 10.1. The minimum atomic E-state index is -0.124. The number of benzene rings is 4. The van der Waals surface area contributed by atoms with Crippen molar-refractivity contribution < 1.29 is 19.1 Å². The molecule has 4 nitrogen and oxygen atoms in total. The molecular weight excluding hydrogens is 531 g/mol. The summed E-state index contributed by atoms with van der Waals surface area (Å²) in [6, 6.07) is 28.7. The smallest absolute Gasteiger partial charge is 0.185 e. The Bertz CT molecular complexity index is 1390. The van der Waals surface area contributed by atoms with E-state index in [2.05, 4.69) is 0 Å². The van der Waals surface area contributed by atoms with Gasteiger partial charge in [0.05, 0.1) is 13.2 Å². The van der Waals surface area contributed by atoms with Crippen molar-refractivity contribution in [2.75, 3.05) is 13.2 Å². The fourth-order valence-electron chi connectivity index (χ4n) is 3.67. The van der Waals surface area contributed by atoms with E-state index in [1.807, 2.05) is 36.4 Å². The SMILES string of the molecule is O=C(/C=C/c1cccc(Cl)c1)c1cccc(OCCCOc2cccc(C(=O)/C=C/c3cccc(Cl)c3)c2)c1. The average molecular weight is 557 g/mol. The Balaban J connectivity index is 1.23. The number of hydrogen-bond acceptors (Lipinski definition) is 4. The van der Waals surface area contributed by atoms with Crippen molar-refractivity contribution in [2.24, 2.45) is 0 Å². The summed E-state index contributed by atoms with van der Waals surface area (Å²) in [4.78, 5) is 25.1. The van der Waals surface area contributed by atoms with E-state index in [-0.39, 0.29) is 11.6 Å². The second kappa shape index (κ2) is 14.1. The minimum Gasteiger partial charge on any atom is -0.493 e. The number of carbonyl (C=O) groups excluding carboxylic acids is 2. The Hall–Kier alpha value is -4.12. The molecular formula is C33H26Cl2O4. The first-order chi connectivity index (χ1) is 19.0. The van der Waals surface area contributed by atoms with Gasteiger partial charge in [0.1, 0.15) is 11.5 Å². The van der Waals surface area contributed by atoms with Gasteiger partial charge in [0, 0.05) is 27.6 Å². The highest BCUT2D eigenvalue weighted by molar-refractivity contribution is 6.31. The van der Waals surface area contributed by atoms with Gasteiger partial charge in [-0.05, 0) is 71.8 Å². The fraction of sp³-hybridized carbons (Fsp3) is 0.0909. The van der Waals surface area contributed by atoms with E-state index in [0.717, 1.165) is 11.1 Å². The third-order valence-electron chi connectivity index (χ3n) is 5.61. The van der Waals surface area contributed by atoms with Crippen LogP contribution in [0.5, 0.6) is 11.5 Å². The molecule has 6 heteroatoms. The van der Waals surface area contributed by atoms with Crippen molar-refractivity contribution in [1.82, 2.24) is 0 Å². The van der Waals surface area contributed by atoms with Crippen molar-refractivity contribution in [3.63, 3.8) is 0 Å². The van der Waals surface area contributed by atoms with Gasteiger partial charge in [-0.3, -0.25) is 9.59 Å². The van der Waals surface area contributed by atoms with Gasteiger partial charge in [-0.2, -0.15) is 0 Å². The zero-order valence-electron chi connectivity index (χ0n) is 21.1. The van der Waals surface area contributed by atoms with Crippen molar-refractivity contribution >= 4 is 46.9 Å². The van der Waals surface area contributed by atoms with Crippen LogP contribution in [0.15, 0.2) is 109 Å². The zero-order chi connectivity index (χ0) is 27.5. The van der Waals surface area contributed by atoms with Crippen LogP contribution >= 0.6 is 23.2 Å². The summed E-state index contributed by atoms with van der Waals surface area (Å²) >= 11 is 12.0. The van der Waals surface area contributed by atoms with E-state index in [4.69, 9.17) is 32.7 Å². The molecule has 0 radical (unpaired) electrons. The Labute approximate surface area is 238 Å². The molecule has 0 saturated heterocycles. The topological polar surface area (TPSA) is 52.6 Å². The Kier molecular flexibility index (Phi) is 10.1. The van der Waals surface area contributed by atoms with Gasteiger partial charge < -0.3 is 9.47 Å². The van der Waals surface area contributed by atoms with Gasteiger partial charge in [-0.25, -0.2) is 0 Å². The molecule has 0 aliphatic rings. The molecule has 0 atom stereocenters. The van der Waals surface area contributed by atoms with E-state index in [1.165, 1.54) is 12.2 Å². The molecule has 4 aromatic carbocycles. The van der Waals surface area contributed by atoms with Gasteiger partial charge in [0.2, 0.25) is 0 Å². The van der Waals surface area contributed by atoms with Crippen LogP contribution in [0, 0.1) is 0 Å². The Morgan fingerprint density at radius 2 is 1.03 bits per heavy atom. The number of rotatable bonds is 12. The van der Waals surface area contributed by atoms with E-state index in [1.54, 1.807) is 72.8 Å². The van der Waals surface area contributed by atoms with Gasteiger partial charge in [-0.1, -0.05) is 83.9 Å². The van der Waals surface area contributed by atoms with Gasteiger partial charge >= 0.3 is 0 Å². The largest absolute Gasteiger partial charge is 0.493 e. The molecule has 0 fully saturated rings. The number of allylic oxidation sites excluding steroid dienone is 2. The summed E-state index contributed by atoms with van der Waals surface area (Å²) in [7, 11) is 0. The van der Waals surface area contributed by atoms with E-state index in [0.29, 0.717) is 52.3 Å². The number of halogens is 2. The van der Waals surface area contributed by atoms with Crippen LogP contribution in [0.1, 0.15) is 38.3 Å². The van der Waals surface area contributed by atoms with Gasteiger partial charge in [-0.15, -0.1) is 0 Å². The summed E-state index contributed by atoms with van der Waals surface area (Å²) in [5.74, 6) is 0.966. The molecule has 0 aliphatic carbocycles. The summed E-state index contributed by atoms with van der Waals surface area (Å²) in [5.41, 5.74) is 2.78. The molecule has 39 heavy (non-hydrogen) atoms. The lowest BCUT2D eigenvalue weighted by molar-refractivity contribution is 0.103. The first kappa shape index (κ1) is 27.9. The molecule has 0 aromatic heterocycles. The quantitative estimate of drug-likeness (QED) is 0.0994. The fourth-order valence-corrected chi connectivity index (χ4v) is 4.07. The zero-order valence-corrected chi connectivity index (χ0v) is 22.6. The Morgan fingerprint density at radius 1 is 0.590 bits per heavy atom. The molecule has 0 N–H and O–H groups in total. The van der Waals surface area contributed by atoms with Crippen molar-refractivity contribution in [3.05, 3.63) is 142 Å². The lowest BCUT2D eigenvalue weighted by Gasteiger charge is -2.09. The monoisotopic (exact) mass is 556 g/mol. The van der Waals surface area contributed by atoms with Crippen LogP contribution in [0.25, 0.3) is 12.2 Å².